The standard InChI is InChI=1S/C9H13NO/c1-10-7-6-8-4-2-3-5-9(8)11/h2-11H,1H3/b7-6-. The van der Waals surface area contributed by atoms with Gasteiger partial charge in [-0.1, -0.05) is 30.4 Å². The van der Waals surface area contributed by atoms with Crippen molar-refractivity contribution in [1.82, 2.24) is 5.32 Å². The van der Waals surface area contributed by atoms with Crippen LogP contribution in [0.2, 0.25) is 0 Å². The third-order valence-corrected chi connectivity index (χ3v) is 1.63. The number of hydrogen-bond donors (Lipinski definition) is 2. The van der Waals surface area contributed by atoms with Crippen LogP contribution < -0.4 is 5.32 Å². The van der Waals surface area contributed by atoms with Crippen LogP contribution in [0.3, 0.4) is 0 Å². The first-order chi connectivity index (χ1) is 5.34. The summed E-state index contributed by atoms with van der Waals surface area (Å²) in [5.41, 5.74) is 0. The Morgan fingerprint density at radius 1 is 1.36 bits per heavy atom. The average molecular weight is 151 g/mol. The molecule has 0 aromatic heterocycles. The molecule has 0 radical (unpaired) electrons. The van der Waals surface area contributed by atoms with E-state index in [0.717, 1.165) is 0 Å². The quantitative estimate of drug-likeness (QED) is 0.612. The molecule has 0 saturated heterocycles. The molecule has 1 rings (SSSR count). The normalized spacial score (nSPS) is 29.6. The Labute approximate surface area is 66.9 Å². The highest BCUT2D eigenvalue weighted by Gasteiger charge is 2.11. The Morgan fingerprint density at radius 2 is 2.09 bits per heavy atom. The van der Waals surface area contributed by atoms with Gasteiger partial charge in [0.25, 0.3) is 0 Å². The second kappa shape index (κ2) is 3.98. The molecule has 2 N–H and O–H groups in total. The van der Waals surface area contributed by atoms with E-state index in [0.29, 0.717) is 0 Å². The van der Waals surface area contributed by atoms with E-state index < -0.39 is 0 Å². The molecule has 2 heteroatoms. The lowest BCUT2D eigenvalue weighted by molar-refractivity contribution is 0.195. The summed E-state index contributed by atoms with van der Waals surface area (Å²) in [6.45, 7) is 0. The zero-order valence-corrected chi connectivity index (χ0v) is 6.57. The topological polar surface area (TPSA) is 32.3 Å². The zero-order chi connectivity index (χ0) is 8.10. The fraction of sp³-hybridized carbons (Fsp3) is 0.333. The van der Waals surface area contributed by atoms with E-state index in [1.54, 1.807) is 6.08 Å². The third-order valence-electron chi connectivity index (χ3n) is 1.63. The fourth-order valence-corrected chi connectivity index (χ4v) is 0.998. The SMILES string of the molecule is CN/C=C\C1C=CC=CC1O. The van der Waals surface area contributed by atoms with Gasteiger partial charge in [0.15, 0.2) is 0 Å². The highest BCUT2D eigenvalue weighted by atomic mass is 16.3. The van der Waals surface area contributed by atoms with Crippen LogP contribution in [-0.2, 0) is 0 Å². The Morgan fingerprint density at radius 3 is 2.73 bits per heavy atom. The zero-order valence-electron chi connectivity index (χ0n) is 6.57. The molecule has 1 aliphatic rings. The van der Waals surface area contributed by atoms with E-state index in [2.05, 4.69) is 5.32 Å². The minimum Gasteiger partial charge on any atom is -0.394 e. The Bertz CT molecular complexity index is 194. The smallest absolute Gasteiger partial charge is 0.0821 e. The van der Waals surface area contributed by atoms with Crippen LogP contribution in [0, 0.1) is 5.92 Å². The molecule has 0 amide bonds. The minimum absolute atomic E-state index is 0.118. The minimum atomic E-state index is -0.371. The summed E-state index contributed by atoms with van der Waals surface area (Å²) in [5.74, 6) is 0.118. The lowest BCUT2D eigenvalue weighted by Gasteiger charge is -2.14. The van der Waals surface area contributed by atoms with Gasteiger partial charge >= 0.3 is 0 Å². The van der Waals surface area contributed by atoms with Gasteiger partial charge in [-0.05, 0) is 6.20 Å². The van der Waals surface area contributed by atoms with Crippen molar-refractivity contribution in [2.45, 2.75) is 6.10 Å². The van der Waals surface area contributed by atoms with Gasteiger partial charge in [-0.25, -0.2) is 0 Å². The van der Waals surface area contributed by atoms with Crippen LogP contribution in [0.15, 0.2) is 36.6 Å². The van der Waals surface area contributed by atoms with Gasteiger partial charge in [-0.3, -0.25) is 0 Å². The average Bonchev–Trinajstić information content (AvgIpc) is 2.03. The van der Waals surface area contributed by atoms with Crippen LogP contribution in [0.5, 0.6) is 0 Å². The molecule has 0 aliphatic heterocycles. The fourth-order valence-electron chi connectivity index (χ4n) is 0.998. The maximum atomic E-state index is 9.38. The first kappa shape index (κ1) is 8.08. The van der Waals surface area contributed by atoms with Gasteiger partial charge in [0.05, 0.1) is 6.10 Å². The Hall–Kier alpha value is -1.02. The van der Waals surface area contributed by atoms with Crippen LogP contribution in [-0.4, -0.2) is 18.3 Å². The Balaban J connectivity index is 2.52. The molecule has 60 valence electrons. The first-order valence-corrected chi connectivity index (χ1v) is 3.71. The number of rotatable bonds is 2. The van der Waals surface area contributed by atoms with Crippen LogP contribution in [0.1, 0.15) is 0 Å². The van der Waals surface area contributed by atoms with Gasteiger partial charge in [-0.2, -0.15) is 0 Å². The lowest BCUT2D eigenvalue weighted by Crippen LogP contribution is -2.16. The van der Waals surface area contributed by atoms with Crippen molar-refractivity contribution >= 4 is 0 Å². The van der Waals surface area contributed by atoms with Gasteiger partial charge in [0, 0.05) is 13.0 Å². The molecular weight excluding hydrogens is 138 g/mol. The van der Waals surface area contributed by atoms with Crippen molar-refractivity contribution in [3.63, 3.8) is 0 Å². The second-order valence-corrected chi connectivity index (χ2v) is 2.49. The molecule has 11 heavy (non-hydrogen) atoms. The summed E-state index contributed by atoms with van der Waals surface area (Å²) in [7, 11) is 1.84. The first-order valence-electron chi connectivity index (χ1n) is 3.71. The van der Waals surface area contributed by atoms with Crippen molar-refractivity contribution in [3.05, 3.63) is 36.6 Å². The largest absolute Gasteiger partial charge is 0.394 e. The molecule has 0 aromatic carbocycles. The summed E-state index contributed by atoms with van der Waals surface area (Å²) in [6, 6.07) is 0. The van der Waals surface area contributed by atoms with E-state index in [1.807, 2.05) is 37.6 Å². The number of nitrogens with one attached hydrogen (secondary N) is 1. The summed E-state index contributed by atoms with van der Waals surface area (Å²) in [4.78, 5) is 0. The number of aliphatic hydroxyl groups is 1. The van der Waals surface area contributed by atoms with Crippen LogP contribution in [0.25, 0.3) is 0 Å². The molecule has 0 bridgehead atoms. The molecule has 0 aromatic rings. The summed E-state index contributed by atoms with van der Waals surface area (Å²) < 4.78 is 0. The Kier molecular flexibility index (Phi) is 2.93. The predicted octanol–water partition coefficient (Wildman–Crippen LogP) is 0.823. The van der Waals surface area contributed by atoms with E-state index in [9.17, 15) is 5.11 Å². The molecule has 0 heterocycles. The highest BCUT2D eigenvalue weighted by Crippen LogP contribution is 2.12. The van der Waals surface area contributed by atoms with E-state index in [1.165, 1.54) is 0 Å². The van der Waals surface area contributed by atoms with Crippen LogP contribution >= 0.6 is 0 Å². The van der Waals surface area contributed by atoms with Gasteiger partial charge < -0.3 is 10.4 Å². The molecular formula is C9H13NO. The number of hydrogen-bond acceptors (Lipinski definition) is 2. The molecule has 2 unspecified atom stereocenters. The van der Waals surface area contributed by atoms with E-state index in [4.69, 9.17) is 0 Å². The van der Waals surface area contributed by atoms with Gasteiger partial charge in [0.2, 0.25) is 0 Å². The van der Waals surface area contributed by atoms with Gasteiger partial charge in [0.1, 0.15) is 0 Å². The number of allylic oxidation sites excluding steroid dienone is 2. The van der Waals surface area contributed by atoms with Crippen molar-refractivity contribution in [2.24, 2.45) is 5.92 Å². The lowest BCUT2D eigenvalue weighted by atomic mass is 9.98. The third kappa shape index (κ3) is 2.24. The summed E-state index contributed by atoms with van der Waals surface area (Å²) in [6.07, 6.45) is 10.9. The highest BCUT2D eigenvalue weighted by molar-refractivity contribution is 5.19. The molecule has 0 fully saturated rings. The second-order valence-electron chi connectivity index (χ2n) is 2.49. The molecule has 0 saturated carbocycles. The molecule has 2 nitrogen and oxygen atoms in total. The van der Waals surface area contributed by atoms with Crippen molar-refractivity contribution in [3.8, 4) is 0 Å². The molecule has 2 atom stereocenters. The summed E-state index contributed by atoms with van der Waals surface area (Å²) in [5, 5.41) is 12.3. The molecule has 1 aliphatic carbocycles. The molecule has 0 spiro atoms. The van der Waals surface area contributed by atoms with E-state index in [-0.39, 0.29) is 12.0 Å². The van der Waals surface area contributed by atoms with Crippen molar-refractivity contribution < 1.29 is 5.11 Å². The monoisotopic (exact) mass is 151 g/mol. The maximum absolute atomic E-state index is 9.38. The van der Waals surface area contributed by atoms with Crippen molar-refractivity contribution in [2.75, 3.05) is 7.05 Å². The van der Waals surface area contributed by atoms with Crippen LogP contribution in [0.4, 0.5) is 0 Å². The van der Waals surface area contributed by atoms with Crippen molar-refractivity contribution in [1.29, 1.82) is 0 Å². The number of aliphatic hydroxyl groups excluding tert-OH is 1. The summed E-state index contributed by atoms with van der Waals surface area (Å²) >= 11 is 0. The predicted molar refractivity (Wildman–Crippen MR) is 46.0 cm³/mol. The van der Waals surface area contributed by atoms with Gasteiger partial charge in [-0.15, -0.1) is 0 Å². The van der Waals surface area contributed by atoms with E-state index >= 15 is 0 Å². The maximum Gasteiger partial charge on any atom is 0.0821 e.